The van der Waals surface area contributed by atoms with Crippen LogP contribution in [-0.4, -0.2) is 66.3 Å². The minimum absolute atomic E-state index is 0.0315. The molecule has 4 aromatic rings. The zero-order valence-corrected chi connectivity index (χ0v) is 24.4. The van der Waals surface area contributed by atoms with Crippen LogP contribution in [0.2, 0.25) is 0 Å². The molecule has 1 atom stereocenters. The molecule has 40 heavy (non-hydrogen) atoms. The molecule has 1 saturated heterocycles. The summed E-state index contributed by atoms with van der Waals surface area (Å²) in [5.41, 5.74) is 2.75. The van der Waals surface area contributed by atoms with E-state index in [0.717, 1.165) is 58.9 Å². The van der Waals surface area contributed by atoms with E-state index in [1.165, 1.54) is 9.21 Å². The Balaban J connectivity index is 1.42. The van der Waals surface area contributed by atoms with Crippen molar-refractivity contribution in [3.05, 3.63) is 60.0 Å². The van der Waals surface area contributed by atoms with Gasteiger partial charge in [-0.15, -0.1) is 11.3 Å². The van der Waals surface area contributed by atoms with Gasteiger partial charge in [0.25, 0.3) is 10.0 Å². The Labute approximate surface area is 238 Å². The van der Waals surface area contributed by atoms with E-state index in [0.29, 0.717) is 12.2 Å². The van der Waals surface area contributed by atoms with Gasteiger partial charge in [0.1, 0.15) is 10.3 Å². The maximum absolute atomic E-state index is 13.7. The van der Waals surface area contributed by atoms with Crippen LogP contribution in [0.25, 0.3) is 21.8 Å². The number of sulfonamides is 1. The van der Waals surface area contributed by atoms with E-state index in [9.17, 15) is 18.0 Å². The van der Waals surface area contributed by atoms with Gasteiger partial charge in [-0.25, -0.2) is 13.2 Å². The molecule has 0 radical (unpaired) electrons. The lowest BCUT2D eigenvalue weighted by atomic mass is 10.1. The summed E-state index contributed by atoms with van der Waals surface area (Å²) in [6.07, 6.45) is 2.93. The SMILES string of the molecule is CCCCCNC(=O)N1CCN(S(=O)(=O)c2cccs2)[C@H](C(=O)Nc2ccc3c(c2)c2ccccc2n3CC)C1. The van der Waals surface area contributed by atoms with Gasteiger partial charge in [-0.2, -0.15) is 4.31 Å². The highest BCUT2D eigenvalue weighted by Crippen LogP contribution is 2.31. The summed E-state index contributed by atoms with van der Waals surface area (Å²) in [6.45, 7) is 5.75. The highest BCUT2D eigenvalue weighted by Gasteiger charge is 2.41. The first-order valence-corrected chi connectivity index (χ1v) is 16.1. The van der Waals surface area contributed by atoms with Crippen LogP contribution in [-0.2, 0) is 21.4 Å². The molecule has 3 amide bonds. The number of hydrogen-bond donors (Lipinski definition) is 2. The zero-order valence-electron chi connectivity index (χ0n) is 22.8. The van der Waals surface area contributed by atoms with Gasteiger partial charge in [0.05, 0.1) is 0 Å². The molecule has 9 nitrogen and oxygen atoms in total. The first-order chi connectivity index (χ1) is 19.3. The number of hydrogen-bond acceptors (Lipinski definition) is 5. The number of carbonyl (C=O) groups excluding carboxylic acids is 2. The van der Waals surface area contributed by atoms with Crippen LogP contribution in [0, 0.1) is 0 Å². The Kier molecular flexibility index (Phi) is 8.43. The fourth-order valence-electron chi connectivity index (χ4n) is 5.36. The van der Waals surface area contributed by atoms with E-state index in [2.05, 4.69) is 41.2 Å². The lowest BCUT2D eigenvalue weighted by Crippen LogP contribution is -2.61. The van der Waals surface area contributed by atoms with Crippen LogP contribution in [0.3, 0.4) is 0 Å². The lowest BCUT2D eigenvalue weighted by molar-refractivity contribution is -0.121. The minimum atomic E-state index is -3.91. The Morgan fingerprint density at radius 1 is 0.975 bits per heavy atom. The molecule has 0 spiro atoms. The van der Waals surface area contributed by atoms with E-state index in [-0.39, 0.29) is 29.9 Å². The number of unbranched alkanes of at least 4 members (excludes halogenated alkanes) is 2. The van der Waals surface area contributed by atoms with Crippen LogP contribution in [0.4, 0.5) is 10.5 Å². The minimum Gasteiger partial charge on any atom is -0.341 e. The monoisotopic (exact) mass is 581 g/mol. The number of urea groups is 1. The molecule has 2 aromatic heterocycles. The maximum atomic E-state index is 13.7. The molecule has 3 heterocycles. The molecule has 11 heteroatoms. The molecule has 0 bridgehead atoms. The van der Waals surface area contributed by atoms with Gasteiger partial charge >= 0.3 is 6.03 Å². The normalized spacial score (nSPS) is 16.4. The first-order valence-electron chi connectivity index (χ1n) is 13.7. The van der Waals surface area contributed by atoms with Crippen molar-refractivity contribution in [2.75, 3.05) is 31.5 Å². The van der Waals surface area contributed by atoms with E-state index in [4.69, 9.17) is 0 Å². The van der Waals surface area contributed by atoms with Crippen molar-refractivity contribution >= 4 is 60.8 Å². The van der Waals surface area contributed by atoms with Crippen LogP contribution >= 0.6 is 11.3 Å². The second-order valence-corrected chi connectivity index (χ2v) is 13.0. The summed E-state index contributed by atoms with van der Waals surface area (Å²) >= 11 is 1.11. The zero-order chi connectivity index (χ0) is 28.3. The molecule has 5 rings (SSSR count). The van der Waals surface area contributed by atoms with Crippen molar-refractivity contribution < 1.29 is 18.0 Å². The topological polar surface area (TPSA) is 104 Å². The number of aryl methyl sites for hydroxylation is 1. The van der Waals surface area contributed by atoms with Crippen LogP contribution in [0.5, 0.6) is 0 Å². The highest BCUT2D eigenvalue weighted by molar-refractivity contribution is 7.91. The van der Waals surface area contributed by atoms with Crippen molar-refractivity contribution in [3.63, 3.8) is 0 Å². The quantitative estimate of drug-likeness (QED) is 0.269. The Morgan fingerprint density at radius 3 is 2.52 bits per heavy atom. The molecule has 2 N–H and O–H groups in total. The van der Waals surface area contributed by atoms with Crippen molar-refractivity contribution in [1.29, 1.82) is 0 Å². The molecule has 1 fully saturated rings. The highest BCUT2D eigenvalue weighted by atomic mass is 32.2. The van der Waals surface area contributed by atoms with Crippen LogP contribution in [0.1, 0.15) is 33.1 Å². The summed E-state index contributed by atoms with van der Waals surface area (Å²) in [5.74, 6) is -0.470. The summed E-state index contributed by atoms with van der Waals surface area (Å²) in [5, 5.41) is 9.65. The summed E-state index contributed by atoms with van der Waals surface area (Å²) in [7, 11) is -3.91. The number of piperazine rings is 1. The molecule has 0 saturated carbocycles. The average Bonchev–Trinajstić information content (AvgIpc) is 3.62. The average molecular weight is 582 g/mol. The standard InChI is InChI=1S/C29H35N5O4S2/c1-3-5-8-15-30-29(36)32-16-17-34(40(37,38)27-12-9-18-39-27)26(20-32)28(35)31-21-13-14-25-23(19-21)22-10-6-7-11-24(22)33(25)4-2/h6-7,9-14,18-19,26H,3-5,8,15-17,20H2,1-2H3,(H,30,36)(H,31,35)/t26-/m0/s1. The fraction of sp³-hybridized carbons (Fsp3) is 0.379. The van der Waals surface area contributed by atoms with Gasteiger partial charge in [-0.3, -0.25) is 4.79 Å². The van der Waals surface area contributed by atoms with E-state index in [1.54, 1.807) is 17.5 Å². The number of para-hydroxylation sites is 1. The van der Waals surface area contributed by atoms with Crippen molar-refractivity contribution in [1.82, 2.24) is 19.1 Å². The van der Waals surface area contributed by atoms with Gasteiger partial charge in [0.15, 0.2) is 0 Å². The molecule has 1 aliphatic heterocycles. The molecule has 1 aliphatic rings. The fourth-order valence-corrected chi connectivity index (χ4v) is 8.05. The third kappa shape index (κ3) is 5.45. The smallest absolute Gasteiger partial charge is 0.317 e. The number of carbonyl (C=O) groups is 2. The van der Waals surface area contributed by atoms with E-state index >= 15 is 0 Å². The van der Waals surface area contributed by atoms with Gasteiger partial charge in [0, 0.05) is 60.2 Å². The number of nitrogens with one attached hydrogen (secondary N) is 2. The van der Waals surface area contributed by atoms with Crippen molar-refractivity contribution in [2.45, 2.75) is 49.9 Å². The number of rotatable bonds is 9. The Bertz CT molecular complexity index is 1610. The number of anilines is 1. The maximum Gasteiger partial charge on any atom is 0.317 e. The Hall–Kier alpha value is -3.41. The van der Waals surface area contributed by atoms with E-state index in [1.807, 2.05) is 30.3 Å². The second-order valence-electron chi connectivity index (χ2n) is 9.93. The number of amides is 3. The van der Waals surface area contributed by atoms with Gasteiger partial charge < -0.3 is 20.1 Å². The van der Waals surface area contributed by atoms with Crippen molar-refractivity contribution in [2.24, 2.45) is 0 Å². The predicted molar refractivity (Wildman–Crippen MR) is 160 cm³/mol. The van der Waals surface area contributed by atoms with Crippen LogP contribution < -0.4 is 10.6 Å². The number of benzene rings is 2. The number of thiophene rings is 1. The molecular formula is C29H35N5O4S2. The molecule has 2 aromatic carbocycles. The predicted octanol–water partition coefficient (Wildman–Crippen LogP) is 5.09. The second kappa shape index (κ2) is 12.0. The molecular weight excluding hydrogens is 546 g/mol. The third-order valence-electron chi connectivity index (χ3n) is 7.39. The van der Waals surface area contributed by atoms with Gasteiger partial charge in [0.2, 0.25) is 5.91 Å². The van der Waals surface area contributed by atoms with E-state index < -0.39 is 22.0 Å². The third-order valence-corrected chi connectivity index (χ3v) is 10.7. The molecule has 0 unspecified atom stereocenters. The van der Waals surface area contributed by atoms with Crippen molar-refractivity contribution in [3.8, 4) is 0 Å². The molecule has 212 valence electrons. The largest absolute Gasteiger partial charge is 0.341 e. The number of aromatic nitrogens is 1. The summed E-state index contributed by atoms with van der Waals surface area (Å²) in [4.78, 5) is 28.2. The van der Waals surface area contributed by atoms with Crippen LogP contribution in [0.15, 0.2) is 64.2 Å². The summed E-state index contributed by atoms with van der Waals surface area (Å²) in [6, 6.07) is 15.7. The summed E-state index contributed by atoms with van der Waals surface area (Å²) < 4.78 is 30.7. The number of fused-ring (bicyclic) bond motifs is 3. The number of nitrogens with zero attached hydrogens (tertiary/aromatic N) is 3. The van der Waals surface area contributed by atoms with Gasteiger partial charge in [-0.1, -0.05) is 44.0 Å². The van der Waals surface area contributed by atoms with Gasteiger partial charge in [-0.05, 0) is 49.1 Å². The first kappa shape index (κ1) is 28.1. The lowest BCUT2D eigenvalue weighted by Gasteiger charge is -2.39. The Morgan fingerprint density at radius 2 is 1.77 bits per heavy atom. The molecule has 0 aliphatic carbocycles.